The maximum absolute atomic E-state index is 12.4. The van der Waals surface area contributed by atoms with Crippen LogP contribution in [-0.4, -0.2) is 19.8 Å². The fraction of sp³-hybridized carbons (Fsp3) is 0.500. The van der Waals surface area contributed by atoms with Crippen LogP contribution < -0.4 is 10.5 Å². The molecular weight excluding hydrogens is 231 g/mol. The van der Waals surface area contributed by atoms with E-state index < -0.39 is 18.5 Å². The molecule has 1 unspecified atom stereocenters. The number of hydrogen-bond acceptors (Lipinski definition) is 2. The summed E-state index contributed by atoms with van der Waals surface area (Å²) in [5, 5.41) is 0. The molecule has 0 aliphatic carbocycles. The first kappa shape index (κ1) is 13.8. The highest BCUT2D eigenvalue weighted by atomic mass is 19.4. The van der Waals surface area contributed by atoms with E-state index in [0.29, 0.717) is 17.7 Å². The fourth-order valence-corrected chi connectivity index (χ4v) is 1.76. The number of methoxy groups -OCH3 is 1. The molecule has 0 fully saturated rings. The fourth-order valence-electron chi connectivity index (χ4n) is 1.76. The molecule has 0 amide bonds. The summed E-state index contributed by atoms with van der Waals surface area (Å²) in [6.07, 6.45) is -4.72. The lowest BCUT2D eigenvalue weighted by Crippen LogP contribution is -2.16. The van der Waals surface area contributed by atoms with Crippen LogP contribution in [0.3, 0.4) is 0 Å². The van der Waals surface area contributed by atoms with E-state index in [4.69, 9.17) is 10.5 Å². The predicted molar refractivity (Wildman–Crippen MR) is 60.1 cm³/mol. The number of halogens is 3. The van der Waals surface area contributed by atoms with E-state index in [1.165, 1.54) is 7.11 Å². The molecule has 0 radical (unpaired) electrons. The Kier molecular flexibility index (Phi) is 4.81. The smallest absolute Gasteiger partial charge is 0.389 e. The molecule has 2 nitrogen and oxygen atoms in total. The van der Waals surface area contributed by atoms with Gasteiger partial charge in [0, 0.05) is 0 Å². The SMILES string of the molecule is COc1cccc(C(CCN)CC(F)(F)F)c1. The van der Waals surface area contributed by atoms with Crippen LogP contribution >= 0.6 is 0 Å². The largest absolute Gasteiger partial charge is 0.497 e. The van der Waals surface area contributed by atoms with Gasteiger partial charge in [-0.2, -0.15) is 13.2 Å². The Balaban J connectivity index is 2.88. The molecule has 17 heavy (non-hydrogen) atoms. The first-order valence-corrected chi connectivity index (χ1v) is 5.37. The van der Waals surface area contributed by atoms with Crippen LogP contribution in [0.25, 0.3) is 0 Å². The van der Waals surface area contributed by atoms with E-state index in [1.807, 2.05) is 0 Å². The number of benzene rings is 1. The van der Waals surface area contributed by atoms with Gasteiger partial charge < -0.3 is 10.5 Å². The van der Waals surface area contributed by atoms with Crippen LogP contribution in [0, 0.1) is 0 Å². The van der Waals surface area contributed by atoms with Crippen molar-refractivity contribution in [1.29, 1.82) is 0 Å². The number of hydrogen-bond donors (Lipinski definition) is 1. The zero-order valence-corrected chi connectivity index (χ0v) is 9.63. The van der Waals surface area contributed by atoms with Crippen molar-refractivity contribution < 1.29 is 17.9 Å². The molecule has 0 aliphatic heterocycles. The monoisotopic (exact) mass is 247 g/mol. The van der Waals surface area contributed by atoms with Gasteiger partial charge in [-0.05, 0) is 36.6 Å². The van der Waals surface area contributed by atoms with Crippen molar-refractivity contribution in [2.24, 2.45) is 5.73 Å². The molecule has 0 saturated carbocycles. The summed E-state index contributed by atoms with van der Waals surface area (Å²) in [5.74, 6) is -0.0400. The lowest BCUT2D eigenvalue weighted by molar-refractivity contribution is -0.139. The van der Waals surface area contributed by atoms with Crippen LogP contribution in [0.1, 0.15) is 24.3 Å². The van der Waals surface area contributed by atoms with E-state index in [9.17, 15) is 13.2 Å². The molecule has 1 aromatic rings. The molecule has 2 N–H and O–H groups in total. The Labute approximate surface area is 98.6 Å². The van der Waals surface area contributed by atoms with Crippen LogP contribution in [0.5, 0.6) is 5.75 Å². The Morgan fingerprint density at radius 1 is 1.35 bits per heavy atom. The third-order valence-corrected chi connectivity index (χ3v) is 2.56. The summed E-state index contributed by atoms with van der Waals surface area (Å²) in [6, 6.07) is 6.70. The van der Waals surface area contributed by atoms with Gasteiger partial charge >= 0.3 is 6.18 Å². The summed E-state index contributed by atoms with van der Waals surface area (Å²) in [6.45, 7) is 0.234. The van der Waals surface area contributed by atoms with Gasteiger partial charge in [0.15, 0.2) is 0 Å². The van der Waals surface area contributed by atoms with Gasteiger partial charge in [-0.1, -0.05) is 12.1 Å². The minimum absolute atomic E-state index is 0.234. The van der Waals surface area contributed by atoms with E-state index in [1.54, 1.807) is 24.3 Å². The molecular formula is C12H16F3NO. The molecule has 0 bridgehead atoms. The lowest BCUT2D eigenvalue weighted by atomic mass is 9.92. The molecule has 1 rings (SSSR count). The summed E-state index contributed by atoms with van der Waals surface area (Å²) in [7, 11) is 1.49. The quantitative estimate of drug-likeness (QED) is 0.867. The van der Waals surface area contributed by atoms with Gasteiger partial charge in [0.05, 0.1) is 13.5 Å². The Hall–Kier alpha value is -1.23. The Morgan fingerprint density at radius 3 is 2.59 bits per heavy atom. The van der Waals surface area contributed by atoms with Crippen LogP contribution in [0.4, 0.5) is 13.2 Å². The van der Waals surface area contributed by atoms with E-state index in [2.05, 4.69) is 0 Å². The summed E-state index contributed by atoms with van der Waals surface area (Å²) < 4.78 is 42.3. The highest BCUT2D eigenvalue weighted by Gasteiger charge is 2.32. The molecule has 1 aromatic carbocycles. The average molecular weight is 247 g/mol. The standard InChI is InChI=1S/C12H16F3NO/c1-17-11-4-2-3-9(7-11)10(5-6-16)8-12(13,14)15/h2-4,7,10H,5-6,8,16H2,1H3. The van der Waals surface area contributed by atoms with E-state index >= 15 is 0 Å². The third kappa shape index (κ3) is 4.65. The normalized spacial score (nSPS) is 13.5. The van der Waals surface area contributed by atoms with Crippen molar-refractivity contribution >= 4 is 0 Å². The number of ether oxygens (including phenoxy) is 1. The number of nitrogens with two attached hydrogens (primary N) is 1. The van der Waals surface area contributed by atoms with Gasteiger partial charge in [0.1, 0.15) is 5.75 Å². The second-order valence-corrected chi connectivity index (χ2v) is 3.87. The maximum atomic E-state index is 12.4. The molecule has 0 heterocycles. The van der Waals surface area contributed by atoms with Crippen molar-refractivity contribution in [3.05, 3.63) is 29.8 Å². The van der Waals surface area contributed by atoms with Gasteiger partial charge in [0.25, 0.3) is 0 Å². The first-order chi connectivity index (χ1) is 7.96. The van der Waals surface area contributed by atoms with Gasteiger partial charge in [-0.25, -0.2) is 0 Å². The van der Waals surface area contributed by atoms with Gasteiger partial charge in [-0.3, -0.25) is 0 Å². The average Bonchev–Trinajstić information content (AvgIpc) is 2.27. The number of alkyl halides is 3. The summed E-state index contributed by atoms with van der Waals surface area (Å²) in [5.41, 5.74) is 5.98. The molecule has 0 aromatic heterocycles. The van der Waals surface area contributed by atoms with Gasteiger partial charge in [0.2, 0.25) is 0 Å². The zero-order chi connectivity index (χ0) is 12.9. The predicted octanol–water partition coefficient (Wildman–Crippen LogP) is 3.08. The lowest BCUT2D eigenvalue weighted by Gasteiger charge is -2.19. The minimum Gasteiger partial charge on any atom is -0.497 e. The summed E-state index contributed by atoms with van der Waals surface area (Å²) >= 11 is 0. The molecule has 0 spiro atoms. The molecule has 0 saturated heterocycles. The Morgan fingerprint density at radius 2 is 2.06 bits per heavy atom. The number of rotatable bonds is 5. The topological polar surface area (TPSA) is 35.2 Å². The highest BCUT2D eigenvalue weighted by molar-refractivity contribution is 5.31. The molecule has 1 atom stereocenters. The van der Waals surface area contributed by atoms with Crippen molar-refractivity contribution in [3.63, 3.8) is 0 Å². The van der Waals surface area contributed by atoms with E-state index in [0.717, 1.165) is 0 Å². The third-order valence-electron chi connectivity index (χ3n) is 2.56. The highest BCUT2D eigenvalue weighted by Crippen LogP contribution is 2.34. The summed E-state index contributed by atoms with van der Waals surface area (Å²) in [4.78, 5) is 0. The van der Waals surface area contributed by atoms with Crippen LogP contribution in [-0.2, 0) is 0 Å². The van der Waals surface area contributed by atoms with Crippen LogP contribution in [0.2, 0.25) is 0 Å². The first-order valence-electron chi connectivity index (χ1n) is 5.37. The van der Waals surface area contributed by atoms with Gasteiger partial charge in [-0.15, -0.1) is 0 Å². The van der Waals surface area contributed by atoms with Crippen molar-refractivity contribution in [3.8, 4) is 5.75 Å². The van der Waals surface area contributed by atoms with E-state index in [-0.39, 0.29) is 6.54 Å². The second kappa shape index (κ2) is 5.91. The van der Waals surface area contributed by atoms with Crippen molar-refractivity contribution in [2.75, 3.05) is 13.7 Å². The second-order valence-electron chi connectivity index (χ2n) is 3.87. The van der Waals surface area contributed by atoms with Crippen molar-refractivity contribution in [1.82, 2.24) is 0 Å². The van der Waals surface area contributed by atoms with Crippen molar-refractivity contribution in [2.45, 2.75) is 24.9 Å². The minimum atomic E-state index is -4.18. The maximum Gasteiger partial charge on any atom is 0.389 e. The molecule has 5 heteroatoms. The van der Waals surface area contributed by atoms with Crippen LogP contribution in [0.15, 0.2) is 24.3 Å². The zero-order valence-electron chi connectivity index (χ0n) is 9.63. The Bertz CT molecular complexity index is 352. The molecule has 0 aliphatic rings. The molecule has 96 valence electrons.